The van der Waals surface area contributed by atoms with Gasteiger partial charge < -0.3 is 10.2 Å². The molecule has 0 aliphatic carbocycles. The van der Waals surface area contributed by atoms with E-state index in [0.717, 1.165) is 33.8 Å². The van der Waals surface area contributed by atoms with Crippen molar-refractivity contribution in [3.63, 3.8) is 0 Å². The van der Waals surface area contributed by atoms with Gasteiger partial charge in [-0.3, -0.25) is 4.79 Å². The lowest BCUT2D eigenvalue weighted by Gasteiger charge is -2.28. The number of aryl methyl sites for hydroxylation is 3. The summed E-state index contributed by atoms with van der Waals surface area (Å²) in [6.45, 7) is 8.05. The van der Waals surface area contributed by atoms with Gasteiger partial charge in [0, 0.05) is 31.4 Å². The van der Waals surface area contributed by atoms with Crippen LogP contribution >= 0.6 is 11.3 Å². The molecule has 0 saturated carbocycles. The van der Waals surface area contributed by atoms with Crippen molar-refractivity contribution < 1.29 is 13.2 Å². The zero-order valence-electron chi connectivity index (χ0n) is 18.7. The Hall–Kier alpha value is -2.75. The van der Waals surface area contributed by atoms with E-state index in [2.05, 4.69) is 58.0 Å². The van der Waals surface area contributed by atoms with Crippen molar-refractivity contribution in [1.82, 2.24) is 9.71 Å². The highest BCUT2D eigenvalue weighted by Gasteiger charge is 2.22. The van der Waals surface area contributed by atoms with E-state index >= 15 is 0 Å². The predicted octanol–water partition coefficient (Wildman–Crippen LogP) is 4.53. The number of amides is 1. The quantitative estimate of drug-likeness (QED) is 0.446. The number of para-hydroxylation sites is 2. The minimum atomic E-state index is -3.71. The van der Waals surface area contributed by atoms with Gasteiger partial charge >= 0.3 is 0 Å². The lowest BCUT2D eigenvalue weighted by atomic mass is 10.1. The van der Waals surface area contributed by atoms with E-state index in [0.29, 0.717) is 18.7 Å². The molecular formula is C23H28N4O3S2. The Balaban J connectivity index is 1.72. The highest BCUT2D eigenvalue weighted by Crippen LogP contribution is 2.31. The van der Waals surface area contributed by atoms with Crippen LogP contribution in [0, 0.1) is 20.8 Å². The topological polar surface area (TPSA) is 91.4 Å². The monoisotopic (exact) mass is 472 g/mol. The van der Waals surface area contributed by atoms with Crippen LogP contribution in [0.4, 0.5) is 16.5 Å². The molecule has 9 heteroatoms. The van der Waals surface area contributed by atoms with Gasteiger partial charge in [0.2, 0.25) is 5.91 Å². The van der Waals surface area contributed by atoms with Crippen molar-refractivity contribution in [3.8, 4) is 0 Å². The molecule has 170 valence electrons. The number of carbonyl (C=O) groups excluding carboxylic acids is 1. The lowest BCUT2D eigenvalue weighted by Crippen LogP contribution is -2.28. The number of rotatable bonds is 9. The second kappa shape index (κ2) is 10.2. The molecule has 0 radical (unpaired) electrons. The minimum Gasteiger partial charge on any atom is -0.341 e. The molecule has 7 nitrogen and oxygen atoms in total. The Morgan fingerprint density at radius 2 is 1.56 bits per heavy atom. The summed E-state index contributed by atoms with van der Waals surface area (Å²) in [6, 6.07) is 16.3. The van der Waals surface area contributed by atoms with E-state index in [1.165, 1.54) is 6.92 Å². The number of hydrogen-bond acceptors (Lipinski definition) is 6. The maximum atomic E-state index is 12.8. The summed E-state index contributed by atoms with van der Waals surface area (Å²) in [5, 5.41) is 2.82. The first-order valence-corrected chi connectivity index (χ1v) is 12.6. The Kier molecular flexibility index (Phi) is 7.65. The van der Waals surface area contributed by atoms with Crippen LogP contribution in [-0.2, 0) is 14.8 Å². The largest absolute Gasteiger partial charge is 0.341 e. The Morgan fingerprint density at radius 1 is 1.00 bits per heavy atom. The molecule has 32 heavy (non-hydrogen) atoms. The summed E-state index contributed by atoms with van der Waals surface area (Å²) in [5.41, 5.74) is 4.88. The highest BCUT2D eigenvalue weighted by molar-refractivity contribution is 7.91. The summed E-state index contributed by atoms with van der Waals surface area (Å²) in [5.74, 6) is -0.289. The van der Waals surface area contributed by atoms with Gasteiger partial charge in [0.1, 0.15) is 0 Å². The second-order valence-electron chi connectivity index (χ2n) is 7.55. The number of nitrogens with one attached hydrogen (secondary N) is 2. The molecule has 0 unspecified atom stereocenters. The lowest BCUT2D eigenvalue weighted by molar-refractivity contribution is -0.114. The number of sulfonamides is 1. The molecule has 0 saturated heterocycles. The van der Waals surface area contributed by atoms with Gasteiger partial charge in [-0.05, 0) is 50.5 Å². The van der Waals surface area contributed by atoms with Crippen LogP contribution in [0.3, 0.4) is 0 Å². The van der Waals surface area contributed by atoms with Crippen molar-refractivity contribution in [2.24, 2.45) is 0 Å². The molecule has 2 aromatic carbocycles. The van der Waals surface area contributed by atoms with Gasteiger partial charge in [-0.25, -0.2) is 18.1 Å². The first kappa shape index (κ1) is 23.9. The van der Waals surface area contributed by atoms with E-state index in [4.69, 9.17) is 0 Å². The zero-order chi connectivity index (χ0) is 23.3. The molecule has 3 aromatic rings. The van der Waals surface area contributed by atoms with Crippen LogP contribution in [0.2, 0.25) is 0 Å². The molecule has 2 N–H and O–H groups in total. The molecule has 1 heterocycles. The fraction of sp³-hybridized carbons (Fsp3) is 0.304. The van der Waals surface area contributed by atoms with Crippen LogP contribution in [0.25, 0.3) is 0 Å². The third-order valence-corrected chi connectivity index (χ3v) is 8.09. The second-order valence-corrected chi connectivity index (χ2v) is 10.5. The van der Waals surface area contributed by atoms with Gasteiger partial charge in [-0.1, -0.05) is 47.7 Å². The van der Waals surface area contributed by atoms with E-state index < -0.39 is 10.0 Å². The summed E-state index contributed by atoms with van der Waals surface area (Å²) < 4.78 is 28.4. The van der Waals surface area contributed by atoms with Gasteiger partial charge in [0.15, 0.2) is 9.34 Å². The molecular weight excluding hydrogens is 444 g/mol. The first-order chi connectivity index (χ1) is 15.2. The number of nitrogens with zero attached hydrogens (tertiary/aromatic N) is 2. The van der Waals surface area contributed by atoms with E-state index in [1.54, 1.807) is 6.92 Å². The number of benzene rings is 2. The maximum absolute atomic E-state index is 12.8. The third-order valence-electron chi connectivity index (χ3n) is 4.94. The first-order valence-electron chi connectivity index (χ1n) is 10.3. The van der Waals surface area contributed by atoms with Crippen LogP contribution in [0.15, 0.2) is 52.7 Å². The maximum Gasteiger partial charge on any atom is 0.252 e. The Bertz CT molecular complexity index is 1160. The average Bonchev–Trinajstić information content (AvgIpc) is 3.10. The van der Waals surface area contributed by atoms with Gasteiger partial charge in [0.05, 0.1) is 5.69 Å². The van der Waals surface area contributed by atoms with Crippen LogP contribution in [-0.4, -0.2) is 32.4 Å². The van der Waals surface area contributed by atoms with E-state index in [9.17, 15) is 13.2 Å². The fourth-order valence-corrected chi connectivity index (χ4v) is 6.03. The standard InChI is InChI=1S/C23H28N4O3S2/c1-16-10-5-7-12-20(16)27(21-13-8-6-11-17(21)2)15-9-14-24-32(29,30)22-18(3)25-23(31-22)26-19(4)28/h5-8,10-13,24H,9,14-15H2,1-4H3,(H,25,26,28). The molecule has 0 aliphatic rings. The molecule has 1 amide bonds. The number of thiazole rings is 1. The normalized spacial score (nSPS) is 11.4. The Morgan fingerprint density at radius 3 is 2.09 bits per heavy atom. The third kappa shape index (κ3) is 5.73. The number of hydrogen-bond donors (Lipinski definition) is 2. The molecule has 0 aliphatic heterocycles. The number of anilines is 3. The van der Waals surface area contributed by atoms with E-state index in [-0.39, 0.29) is 21.8 Å². The molecule has 3 rings (SSSR count). The van der Waals surface area contributed by atoms with Crippen LogP contribution < -0.4 is 14.9 Å². The fourth-order valence-electron chi connectivity index (χ4n) is 3.45. The number of aromatic nitrogens is 1. The van der Waals surface area contributed by atoms with Crippen LogP contribution in [0.5, 0.6) is 0 Å². The van der Waals surface area contributed by atoms with Crippen molar-refractivity contribution >= 4 is 43.8 Å². The van der Waals surface area contributed by atoms with Gasteiger partial charge in [0.25, 0.3) is 10.0 Å². The summed E-state index contributed by atoms with van der Waals surface area (Å²) in [6.07, 6.45) is 0.609. The van der Waals surface area contributed by atoms with Crippen molar-refractivity contribution in [1.29, 1.82) is 0 Å². The van der Waals surface area contributed by atoms with Gasteiger partial charge in [-0.15, -0.1) is 0 Å². The summed E-state index contributed by atoms with van der Waals surface area (Å²) >= 11 is 0.953. The molecule has 0 fully saturated rings. The molecule has 0 spiro atoms. The smallest absolute Gasteiger partial charge is 0.252 e. The minimum absolute atomic E-state index is 0.121. The predicted molar refractivity (Wildman–Crippen MR) is 130 cm³/mol. The van der Waals surface area contributed by atoms with Crippen molar-refractivity contribution in [2.75, 3.05) is 23.3 Å². The van der Waals surface area contributed by atoms with Crippen LogP contribution in [0.1, 0.15) is 30.2 Å². The molecule has 1 aromatic heterocycles. The number of carbonyl (C=O) groups is 1. The Labute approximate surface area is 193 Å². The average molecular weight is 473 g/mol. The SMILES string of the molecule is CC(=O)Nc1nc(C)c(S(=O)(=O)NCCCN(c2ccccc2C)c2ccccc2C)s1. The summed E-state index contributed by atoms with van der Waals surface area (Å²) in [7, 11) is -3.71. The van der Waals surface area contributed by atoms with E-state index in [1.807, 2.05) is 24.3 Å². The van der Waals surface area contributed by atoms with Crippen molar-refractivity contribution in [3.05, 3.63) is 65.4 Å². The zero-order valence-corrected chi connectivity index (χ0v) is 20.3. The summed E-state index contributed by atoms with van der Waals surface area (Å²) in [4.78, 5) is 17.6. The van der Waals surface area contributed by atoms with Crippen molar-refractivity contribution in [2.45, 2.75) is 38.3 Å². The van der Waals surface area contributed by atoms with Gasteiger partial charge in [-0.2, -0.15) is 0 Å². The molecule has 0 bridgehead atoms. The highest BCUT2D eigenvalue weighted by atomic mass is 32.2. The molecule has 0 atom stereocenters.